The molecule has 4 aromatic rings. The Morgan fingerprint density at radius 2 is 1.92 bits per heavy atom. The molecule has 0 radical (unpaired) electrons. The van der Waals surface area contributed by atoms with Gasteiger partial charge in [0.2, 0.25) is 11.8 Å². The lowest BCUT2D eigenvalue weighted by Crippen LogP contribution is -2.29. The summed E-state index contributed by atoms with van der Waals surface area (Å²) in [7, 11) is 0. The highest BCUT2D eigenvalue weighted by molar-refractivity contribution is 6.34. The maximum Gasteiger partial charge on any atom is 0.307 e. The van der Waals surface area contributed by atoms with E-state index in [1.54, 1.807) is 6.20 Å². The number of hydrogen-bond acceptors (Lipinski definition) is 9. The molecule has 4 atom stereocenters. The van der Waals surface area contributed by atoms with Crippen molar-refractivity contribution in [3.8, 4) is 5.88 Å². The molecule has 2 aliphatic heterocycles. The van der Waals surface area contributed by atoms with Crippen LogP contribution in [0.25, 0.3) is 16.7 Å². The number of benzene rings is 2. The summed E-state index contributed by atoms with van der Waals surface area (Å²) in [6.07, 6.45) is 8.89. The van der Waals surface area contributed by atoms with E-state index in [4.69, 9.17) is 37.3 Å². The number of aromatic nitrogens is 3. The van der Waals surface area contributed by atoms with Crippen LogP contribution in [0.5, 0.6) is 5.88 Å². The van der Waals surface area contributed by atoms with Crippen LogP contribution in [0, 0.1) is 12.8 Å². The Hall–Kier alpha value is -3.80. The average molecular weight is 705 g/mol. The number of carboxylic acid groups (broad SMARTS) is 1. The molecule has 0 amide bonds. The van der Waals surface area contributed by atoms with Crippen molar-refractivity contribution in [3.63, 3.8) is 0 Å². The molecule has 0 saturated carbocycles. The van der Waals surface area contributed by atoms with Crippen LogP contribution in [0.15, 0.2) is 65.2 Å². The van der Waals surface area contributed by atoms with Crippen molar-refractivity contribution in [2.45, 2.75) is 63.3 Å². The lowest BCUT2D eigenvalue weighted by Gasteiger charge is -2.33. The van der Waals surface area contributed by atoms with Gasteiger partial charge >= 0.3 is 5.97 Å². The quantitative estimate of drug-likeness (QED) is 0.180. The number of fused-ring (bicyclic) bond motifs is 1. The number of aliphatic hydroxyl groups excluding tert-OH is 1. The Morgan fingerprint density at radius 1 is 1.10 bits per heavy atom. The number of aliphatic carboxylic acids is 1. The lowest BCUT2D eigenvalue weighted by atomic mass is 9.79. The molecule has 10 nitrogen and oxygen atoms in total. The first kappa shape index (κ1) is 33.7. The van der Waals surface area contributed by atoms with E-state index < -0.39 is 10.8 Å². The van der Waals surface area contributed by atoms with Gasteiger partial charge in [-0.25, -0.2) is 15.0 Å². The van der Waals surface area contributed by atoms with Crippen molar-refractivity contribution in [3.05, 3.63) is 99.8 Å². The summed E-state index contributed by atoms with van der Waals surface area (Å²) in [4.78, 5) is 28.9. The molecule has 7 rings (SSSR count). The Morgan fingerprint density at radius 3 is 2.67 bits per heavy atom. The van der Waals surface area contributed by atoms with Crippen LogP contribution in [0.3, 0.4) is 0 Å². The lowest BCUT2D eigenvalue weighted by molar-refractivity contribution is -0.141. The number of aryl methyl sites for hydroxylation is 1. The van der Waals surface area contributed by atoms with E-state index in [9.17, 15) is 15.0 Å². The van der Waals surface area contributed by atoms with Crippen molar-refractivity contribution >= 4 is 45.8 Å². The number of carbonyl (C=O) groups is 1. The maximum absolute atomic E-state index is 11.4. The van der Waals surface area contributed by atoms with Crippen molar-refractivity contribution < 1.29 is 24.2 Å². The van der Waals surface area contributed by atoms with Crippen molar-refractivity contribution in [2.75, 3.05) is 26.2 Å². The molecule has 3 aliphatic rings. The molecule has 1 aliphatic carbocycles. The first-order chi connectivity index (χ1) is 23.5. The first-order valence-corrected chi connectivity index (χ1v) is 17.4. The van der Waals surface area contributed by atoms with E-state index in [-0.39, 0.29) is 17.9 Å². The van der Waals surface area contributed by atoms with Crippen LogP contribution in [0.4, 0.5) is 0 Å². The van der Waals surface area contributed by atoms with Gasteiger partial charge in [0, 0.05) is 32.7 Å². The first-order valence-electron chi connectivity index (χ1n) is 16.6. The Kier molecular flexibility index (Phi) is 9.51. The Labute approximate surface area is 295 Å². The van der Waals surface area contributed by atoms with Gasteiger partial charge in [-0.1, -0.05) is 48.0 Å². The highest BCUT2D eigenvalue weighted by Crippen LogP contribution is 2.48. The van der Waals surface area contributed by atoms with Gasteiger partial charge < -0.3 is 19.4 Å². The molecule has 2 aromatic carbocycles. The maximum atomic E-state index is 11.4. The van der Waals surface area contributed by atoms with Crippen LogP contribution >= 0.6 is 23.2 Å². The number of oxazole rings is 1. The second kappa shape index (κ2) is 13.8. The molecule has 256 valence electrons. The zero-order chi connectivity index (χ0) is 34.3. The molecule has 3 unspecified atom stereocenters. The van der Waals surface area contributed by atoms with E-state index in [1.165, 1.54) is 0 Å². The second-order valence-corrected chi connectivity index (χ2v) is 14.7. The largest absolute Gasteiger partial charge is 0.481 e. The highest BCUT2D eigenvalue weighted by atomic mass is 35.5. The highest BCUT2D eigenvalue weighted by Gasteiger charge is 2.41. The number of likely N-dealkylation sites (tertiary alicyclic amines) is 2. The molecule has 0 spiro atoms. The third-order valence-corrected chi connectivity index (χ3v) is 10.4. The summed E-state index contributed by atoms with van der Waals surface area (Å²) in [6.45, 7) is 8.17. The minimum atomic E-state index is -0.880. The van der Waals surface area contributed by atoms with Crippen LogP contribution in [0.2, 0.25) is 5.02 Å². The number of allylic oxidation sites excluding steroid dienone is 4. The van der Waals surface area contributed by atoms with Gasteiger partial charge in [-0.3, -0.25) is 14.6 Å². The summed E-state index contributed by atoms with van der Waals surface area (Å²) >= 11 is 14.1. The minimum Gasteiger partial charge on any atom is -0.481 e. The van der Waals surface area contributed by atoms with Gasteiger partial charge in [0.1, 0.15) is 12.1 Å². The minimum absolute atomic E-state index is 0.270. The van der Waals surface area contributed by atoms with E-state index >= 15 is 0 Å². The number of alkyl halides is 1. The number of β-amino-alcohol motifs (C(OH)–C–C–N with tert-alkyl or cyclic N) is 1. The average Bonchev–Trinajstić information content (AvgIpc) is 3.81. The van der Waals surface area contributed by atoms with Gasteiger partial charge in [-0.05, 0) is 73.7 Å². The van der Waals surface area contributed by atoms with Gasteiger partial charge in [0.15, 0.2) is 5.58 Å². The van der Waals surface area contributed by atoms with Crippen molar-refractivity contribution in [1.82, 2.24) is 24.8 Å². The fraction of sp³-hybridized carbons (Fsp3) is 0.405. The number of carboxylic acids is 1. The van der Waals surface area contributed by atoms with Gasteiger partial charge in [-0.15, -0.1) is 11.6 Å². The number of ether oxygens (including phenoxy) is 1. The Bertz CT molecular complexity index is 1940. The molecule has 4 heterocycles. The Balaban J connectivity index is 1.04. The van der Waals surface area contributed by atoms with E-state index in [2.05, 4.69) is 25.8 Å². The fourth-order valence-corrected chi connectivity index (χ4v) is 7.71. The topological polar surface area (TPSA) is 125 Å². The fourth-order valence-electron chi connectivity index (χ4n) is 7.09. The summed E-state index contributed by atoms with van der Waals surface area (Å²) in [5.41, 5.74) is 6.52. The zero-order valence-electron chi connectivity index (χ0n) is 27.5. The zero-order valence-corrected chi connectivity index (χ0v) is 29.0. The smallest absolute Gasteiger partial charge is 0.307 e. The van der Waals surface area contributed by atoms with Crippen LogP contribution < -0.4 is 4.74 Å². The normalized spacial score (nSPS) is 24.5. The monoisotopic (exact) mass is 703 g/mol. The molecule has 0 bridgehead atoms. The molecule has 2 saturated heterocycles. The molecule has 49 heavy (non-hydrogen) atoms. The van der Waals surface area contributed by atoms with Gasteiger partial charge in [0.25, 0.3) is 0 Å². The summed E-state index contributed by atoms with van der Waals surface area (Å²) < 4.78 is 12.4. The van der Waals surface area contributed by atoms with Gasteiger partial charge in [0.05, 0.1) is 45.4 Å². The number of rotatable bonds is 10. The predicted octanol–water partition coefficient (Wildman–Crippen LogP) is 6.37. The molecule has 2 N–H and O–H groups in total. The summed E-state index contributed by atoms with van der Waals surface area (Å²) in [5, 5.41) is 19.6. The summed E-state index contributed by atoms with van der Waals surface area (Å²) in [6, 6.07) is 11.9. The molecule has 2 fully saturated rings. The van der Waals surface area contributed by atoms with Crippen molar-refractivity contribution in [1.29, 1.82) is 0 Å². The van der Waals surface area contributed by atoms with Crippen LogP contribution in [-0.4, -0.2) is 78.1 Å². The molecule has 12 heteroatoms. The third-order valence-electron chi connectivity index (χ3n) is 9.69. The molecular formula is C37H39Cl2N5O5. The van der Waals surface area contributed by atoms with Crippen molar-refractivity contribution in [2.24, 2.45) is 5.92 Å². The number of hydrogen-bond donors (Lipinski definition) is 2. The van der Waals surface area contributed by atoms with E-state index in [0.29, 0.717) is 67.1 Å². The number of nitrogens with zero attached hydrogens (tertiary/aromatic N) is 5. The van der Waals surface area contributed by atoms with Gasteiger partial charge in [-0.2, -0.15) is 0 Å². The second-order valence-electron chi connectivity index (χ2n) is 13.5. The van der Waals surface area contributed by atoms with E-state index in [1.807, 2.05) is 62.4 Å². The number of aliphatic hydroxyl groups is 1. The van der Waals surface area contributed by atoms with Crippen LogP contribution in [0.1, 0.15) is 59.7 Å². The van der Waals surface area contributed by atoms with Crippen LogP contribution in [-0.2, 0) is 24.5 Å². The molecular weight excluding hydrogens is 665 g/mol. The number of halogens is 2. The summed E-state index contributed by atoms with van der Waals surface area (Å²) in [5.74, 6) is -0.501. The predicted molar refractivity (Wildman–Crippen MR) is 188 cm³/mol. The SMILES string of the molecule is Cc1nc(CN2CC[C@H](O)C2)cnc1OCc1cccc(C2=CC=CC(c3nc4cc(CN5CCC(C(=O)O)C5)cc(Cl)c4o3)C2(C)Cl)c1. The third kappa shape index (κ3) is 7.25. The standard InChI is InChI=1S/C37H39Cl2N5O5/c1-22-34(40-16-27(41-22)19-44-12-10-28(45)20-44)48-21-23-5-3-6-25(13-23)29-7-4-8-30(37(29,2)39)35-42-32-15-24(14-31(38)33(32)49-35)17-43-11-9-26(18-43)36(46)47/h3-8,13-16,26,28,30,45H,9-12,17-21H2,1-2H3,(H,46,47)/t26?,28-,30?,37?/m0/s1. The molecule has 2 aromatic heterocycles. The van der Waals surface area contributed by atoms with E-state index in [0.717, 1.165) is 53.2 Å².